The molecule has 0 bridgehead atoms. The zero-order valence-electron chi connectivity index (χ0n) is 14.9. The standard InChI is InChI=1S/C17H19N3O5S2/c1-12(17(21)18-15-9-4-5-10-16(15)26-2)19(27(3,24)25)13-7-6-8-14(11-13)20(22)23/h4-12H,1-3H3,(H,18,21). The summed E-state index contributed by atoms with van der Waals surface area (Å²) in [5.41, 5.74) is 0.350. The van der Waals surface area contributed by atoms with Crippen molar-refractivity contribution in [3.05, 3.63) is 58.6 Å². The molecule has 1 atom stereocenters. The lowest BCUT2D eigenvalue weighted by molar-refractivity contribution is -0.384. The first-order valence-corrected chi connectivity index (χ1v) is 10.9. The van der Waals surface area contributed by atoms with Crippen LogP contribution < -0.4 is 9.62 Å². The molecule has 0 fully saturated rings. The van der Waals surface area contributed by atoms with Crippen molar-refractivity contribution in [3.63, 3.8) is 0 Å². The highest BCUT2D eigenvalue weighted by molar-refractivity contribution is 7.98. The van der Waals surface area contributed by atoms with E-state index in [0.29, 0.717) is 5.69 Å². The maximum Gasteiger partial charge on any atom is 0.271 e. The number of nitrogens with zero attached hydrogens (tertiary/aromatic N) is 2. The van der Waals surface area contributed by atoms with Crippen molar-refractivity contribution in [2.24, 2.45) is 0 Å². The van der Waals surface area contributed by atoms with E-state index in [1.54, 1.807) is 12.1 Å². The number of carbonyl (C=O) groups is 1. The van der Waals surface area contributed by atoms with E-state index >= 15 is 0 Å². The van der Waals surface area contributed by atoms with Gasteiger partial charge in [-0.1, -0.05) is 18.2 Å². The van der Waals surface area contributed by atoms with Crippen LogP contribution >= 0.6 is 11.8 Å². The van der Waals surface area contributed by atoms with Crippen LogP contribution in [0.2, 0.25) is 0 Å². The number of hydrogen-bond acceptors (Lipinski definition) is 6. The Morgan fingerprint density at radius 3 is 2.48 bits per heavy atom. The minimum absolute atomic E-state index is 0.0486. The molecule has 0 saturated heterocycles. The van der Waals surface area contributed by atoms with Crippen LogP contribution in [0.5, 0.6) is 0 Å². The number of rotatable bonds is 7. The van der Waals surface area contributed by atoms with Gasteiger partial charge in [0.05, 0.1) is 22.6 Å². The summed E-state index contributed by atoms with van der Waals surface area (Å²) in [7, 11) is -3.87. The largest absolute Gasteiger partial charge is 0.323 e. The van der Waals surface area contributed by atoms with E-state index in [1.165, 1.54) is 36.9 Å². The molecule has 2 aromatic carbocycles. The van der Waals surface area contributed by atoms with E-state index in [9.17, 15) is 23.3 Å². The van der Waals surface area contributed by atoms with Gasteiger partial charge in [-0.15, -0.1) is 11.8 Å². The fraction of sp³-hybridized carbons (Fsp3) is 0.235. The summed E-state index contributed by atoms with van der Waals surface area (Å²) in [5, 5.41) is 13.7. The summed E-state index contributed by atoms with van der Waals surface area (Å²) < 4.78 is 25.5. The van der Waals surface area contributed by atoms with Crippen molar-refractivity contribution in [1.29, 1.82) is 0 Å². The van der Waals surface area contributed by atoms with Crippen LogP contribution in [-0.2, 0) is 14.8 Å². The molecule has 10 heteroatoms. The third kappa shape index (κ3) is 4.98. The first-order chi connectivity index (χ1) is 12.6. The number of nitro groups is 1. The lowest BCUT2D eigenvalue weighted by atomic mass is 10.2. The van der Waals surface area contributed by atoms with Gasteiger partial charge in [-0.3, -0.25) is 19.2 Å². The molecule has 0 saturated carbocycles. The predicted octanol–water partition coefficient (Wildman–Crippen LogP) is 3.11. The second-order valence-electron chi connectivity index (χ2n) is 5.70. The van der Waals surface area contributed by atoms with E-state index < -0.39 is 26.9 Å². The number of sulfonamides is 1. The number of amides is 1. The Morgan fingerprint density at radius 1 is 1.22 bits per heavy atom. The number of carbonyl (C=O) groups excluding carboxylic acids is 1. The van der Waals surface area contributed by atoms with Gasteiger partial charge in [0, 0.05) is 17.0 Å². The number of benzene rings is 2. The third-order valence-electron chi connectivity index (χ3n) is 3.75. The first kappa shape index (κ1) is 20.7. The fourth-order valence-corrected chi connectivity index (χ4v) is 4.26. The third-order valence-corrected chi connectivity index (χ3v) is 5.79. The molecular weight excluding hydrogens is 390 g/mol. The fourth-order valence-electron chi connectivity index (χ4n) is 2.54. The van der Waals surface area contributed by atoms with Crippen molar-refractivity contribution in [3.8, 4) is 0 Å². The van der Waals surface area contributed by atoms with Gasteiger partial charge < -0.3 is 5.32 Å². The number of nitrogens with one attached hydrogen (secondary N) is 1. The SMILES string of the molecule is CSc1ccccc1NC(=O)C(C)N(c1cccc([N+](=O)[O-])c1)S(C)(=O)=O. The highest BCUT2D eigenvalue weighted by Gasteiger charge is 2.30. The van der Waals surface area contributed by atoms with Crippen LogP contribution in [0.1, 0.15) is 6.92 Å². The van der Waals surface area contributed by atoms with Crippen LogP contribution in [0.25, 0.3) is 0 Å². The number of thioether (sulfide) groups is 1. The van der Waals surface area contributed by atoms with Gasteiger partial charge in [0.2, 0.25) is 15.9 Å². The van der Waals surface area contributed by atoms with Crippen molar-refractivity contribution >= 4 is 44.8 Å². The molecule has 0 spiro atoms. The van der Waals surface area contributed by atoms with Crippen LogP contribution in [-0.4, -0.2) is 37.8 Å². The highest BCUT2D eigenvalue weighted by Crippen LogP contribution is 2.28. The first-order valence-electron chi connectivity index (χ1n) is 7.83. The van der Waals surface area contributed by atoms with Crippen molar-refractivity contribution in [1.82, 2.24) is 0 Å². The van der Waals surface area contributed by atoms with E-state index in [2.05, 4.69) is 5.32 Å². The topological polar surface area (TPSA) is 110 Å². The summed E-state index contributed by atoms with van der Waals surface area (Å²) in [6.45, 7) is 1.43. The average molecular weight is 409 g/mol. The van der Waals surface area contributed by atoms with Crippen LogP contribution in [0.15, 0.2) is 53.4 Å². The maximum absolute atomic E-state index is 12.7. The molecule has 0 aliphatic heterocycles. The van der Waals surface area contributed by atoms with Gasteiger partial charge in [-0.25, -0.2) is 8.42 Å². The zero-order valence-corrected chi connectivity index (χ0v) is 16.6. The van der Waals surface area contributed by atoms with Gasteiger partial charge in [0.1, 0.15) is 6.04 Å². The highest BCUT2D eigenvalue weighted by atomic mass is 32.2. The molecule has 1 unspecified atom stereocenters. The van der Waals surface area contributed by atoms with Crippen LogP contribution in [0.3, 0.4) is 0 Å². The molecule has 0 radical (unpaired) electrons. The molecule has 2 aromatic rings. The average Bonchev–Trinajstić information content (AvgIpc) is 2.61. The molecule has 144 valence electrons. The number of non-ortho nitro benzene ring substituents is 1. The second kappa shape index (κ2) is 8.40. The Kier molecular flexibility index (Phi) is 6.45. The monoisotopic (exact) mass is 409 g/mol. The Bertz CT molecular complexity index is 963. The van der Waals surface area contributed by atoms with Crippen LogP contribution in [0.4, 0.5) is 17.1 Å². The second-order valence-corrected chi connectivity index (χ2v) is 8.41. The summed E-state index contributed by atoms with van der Waals surface area (Å²) >= 11 is 1.44. The van der Waals surface area contributed by atoms with E-state index in [0.717, 1.165) is 21.5 Å². The Labute approximate surface area is 161 Å². The van der Waals surface area contributed by atoms with Gasteiger partial charge >= 0.3 is 0 Å². The zero-order chi connectivity index (χ0) is 20.2. The molecule has 0 aromatic heterocycles. The number of nitro benzene ring substituents is 1. The maximum atomic E-state index is 12.7. The van der Waals surface area contributed by atoms with Crippen molar-refractivity contribution in [2.75, 3.05) is 22.1 Å². The van der Waals surface area contributed by atoms with Gasteiger partial charge in [-0.05, 0) is 31.4 Å². The minimum atomic E-state index is -3.87. The molecule has 1 N–H and O–H groups in total. The quantitative estimate of drug-likeness (QED) is 0.427. The normalized spacial score (nSPS) is 12.3. The van der Waals surface area contributed by atoms with E-state index in [1.807, 2.05) is 18.4 Å². The smallest absolute Gasteiger partial charge is 0.271 e. The lowest BCUT2D eigenvalue weighted by Crippen LogP contribution is -2.45. The molecule has 0 aliphatic carbocycles. The Hall–Kier alpha value is -2.59. The van der Waals surface area contributed by atoms with Gasteiger partial charge in [0.25, 0.3) is 5.69 Å². The summed E-state index contributed by atoms with van der Waals surface area (Å²) in [6.07, 6.45) is 2.81. The van der Waals surface area contributed by atoms with E-state index in [4.69, 9.17) is 0 Å². The summed E-state index contributed by atoms with van der Waals surface area (Å²) in [4.78, 5) is 23.9. The van der Waals surface area contributed by atoms with E-state index in [-0.39, 0.29) is 11.4 Å². The number of para-hydroxylation sites is 1. The molecule has 2 rings (SSSR count). The summed E-state index contributed by atoms with van der Waals surface area (Å²) in [5.74, 6) is -0.548. The minimum Gasteiger partial charge on any atom is -0.323 e. The Balaban J connectivity index is 2.38. The molecular formula is C17H19N3O5S2. The molecule has 0 heterocycles. The van der Waals surface area contributed by atoms with Gasteiger partial charge in [-0.2, -0.15) is 0 Å². The van der Waals surface area contributed by atoms with Crippen molar-refractivity contribution < 1.29 is 18.1 Å². The predicted molar refractivity (Wildman–Crippen MR) is 107 cm³/mol. The van der Waals surface area contributed by atoms with Gasteiger partial charge in [0.15, 0.2) is 0 Å². The molecule has 0 aliphatic rings. The lowest BCUT2D eigenvalue weighted by Gasteiger charge is -2.28. The molecule has 8 nitrogen and oxygen atoms in total. The number of anilines is 2. The van der Waals surface area contributed by atoms with Crippen molar-refractivity contribution in [2.45, 2.75) is 17.9 Å². The molecule has 1 amide bonds. The van der Waals surface area contributed by atoms with Crippen LogP contribution in [0, 0.1) is 10.1 Å². The number of hydrogen-bond donors (Lipinski definition) is 1. The molecule has 27 heavy (non-hydrogen) atoms. The summed E-state index contributed by atoms with van der Waals surface area (Å²) in [6, 6.07) is 11.2. The Morgan fingerprint density at radius 2 is 1.89 bits per heavy atom.